The van der Waals surface area contributed by atoms with Gasteiger partial charge in [-0.05, 0) is 35.6 Å². The van der Waals surface area contributed by atoms with E-state index < -0.39 is 10.5 Å². The first-order chi connectivity index (χ1) is 7.91. The van der Waals surface area contributed by atoms with E-state index in [-0.39, 0.29) is 18.9 Å². The van der Waals surface area contributed by atoms with E-state index in [0.29, 0.717) is 9.26 Å². The summed E-state index contributed by atoms with van der Waals surface area (Å²) in [6.07, 6.45) is 0. The van der Waals surface area contributed by atoms with Crippen LogP contribution < -0.4 is 5.32 Å². The molecule has 1 rings (SSSR count). The smallest absolute Gasteiger partial charge is 0.270 e. The highest BCUT2D eigenvalue weighted by Crippen LogP contribution is 2.26. The number of aliphatic hydroxyl groups is 2. The number of nitro benzene ring substituents is 1. The van der Waals surface area contributed by atoms with Crippen molar-refractivity contribution in [1.82, 2.24) is 0 Å². The van der Waals surface area contributed by atoms with Gasteiger partial charge in [0, 0.05) is 21.4 Å². The molecule has 0 aliphatic heterocycles. The summed E-state index contributed by atoms with van der Waals surface area (Å²) in [6, 6.07) is 4.36. The van der Waals surface area contributed by atoms with Gasteiger partial charge in [-0.1, -0.05) is 0 Å². The average Bonchev–Trinajstić information content (AvgIpc) is 2.31. The maximum Gasteiger partial charge on any atom is 0.270 e. The molecule has 17 heavy (non-hydrogen) atoms. The second kappa shape index (κ2) is 5.61. The van der Waals surface area contributed by atoms with Crippen LogP contribution in [0.2, 0.25) is 0 Å². The number of nitrogens with zero attached hydrogens (tertiary/aromatic N) is 1. The van der Waals surface area contributed by atoms with Crippen LogP contribution in [-0.2, 0) is 0 Å². The van der Waals surface area contributed by atoms with Gasteiger partial charge in [-0.15, -0.1) is 0 Å². The summed E-state index contributed by atoms with van der Waals surface area (Å²) in [5, 5.41) is 31.8. The van der Waals surface area contributed by atoms with E-state index in [4.69, 9.17) is 10.2 Å². The summed E-state index contributed by atoms with van der Waals surface area (Å²) in [4.78, 5) is 10.1. The largest absolute Gasteiger partial charge is 0.394 e. The molecule has 1 aromatic rings. The van der Waals surface area contributed by atoms with Crippen LogP contribution in [0.4, 0.5) is 11.4 Å². The zero-order valence-corrected chi connectivity index (χ0v) is 11.3. The fourth-order valence-corrected chi connectivity index (χ4v) is 1.81. The van der Waals surface area contributed by atoms with Crippen molar-refractivity contribution < 1.29 is 15.1 Å². The number of nitrogens with one attached hydrogen (secondary N) is 1. The molecule has 0 aliphatic carbocycles. The minimum Gasteiger partial charge on any atom is -0.394 e. The van der Waals surface area contributed by atoms with Crippen molar-refractivity contribution in [3.05, 3.63) is 31.9 Å². The SMILES string of the molecule is CC(CO)(CO)Nc1ccc([N+](=O)[O-])cc1I. The van der Waals surface area contributed by atoms with Crippen molar-refractivity contribution in [2.45, 2.75) is 12.5 Å². The molecule has 3 N–H and O–H groups in total. The molecule has 7 heteroatoms. The van der Waals surface area contributed by atoms with Gasteiger partial charge in [0.2, 0.25) is 0 Å². The van der Waals surface area contributed by atoms with Gasteiger partial charge in [-0.2, -0.15) is 0 Å². The zero-order valence-electron chi connectivity index (χ0n) is 9.18. The van der Waals surface area contributed by atoms with E-state index >= 15 is 0 Å². The van der Waals surface area contributed by atoms with Crippen LogP contribution in [-0.4, -0.2) is 33.9 Å². The van der Waals surface area contributed by atoms with Gasteiger partial charge < -0.3 is 15.5 Å². The molecule has 1 aromatic carbocycles. The van der Waals surface area contributed by atoms with Gasteiger partial charge in [0.1, 0.15) is 0 Å². The molecule has 0 saturated carbocycles. The molecule has 0 unspecified atom stereocenters. The Kier molecular flexibility index (Phi) is 4.66. The third-order valence-electron chi connectivity index (χ3n) is 2.30. The topological polar surface area (TPSA) is 95.6 Å². The van der Waals surface area contributed by atoms with Crippen molar-refractivity contribution >= 4 is 34.0 Å². The lowest BCUT2D eigenvalue weighted by molar-refractivity contribution is -0.384. The minimum atomic E-state index is -0.851. The summed E-state index contributed by atoms with van der Waals surface area (Å²) >= 11 is 1.96. The van der Waals surface area contributed by atoms with Crippen molar-refractivity contribution in [3.8, 4) is 0 Å². The van der Waals surface area contributed by atoms with Crippen LogP contribution in [0.1, 0.15) is 6.92 Å². The number of nitro groups is 1. The molecule has 0 fully saturated rings. The van der Waals surface area contributed by atoms with Crippen LogP contribution in [0.15, 0.2) is 18.2 Å². The van der Waals surface area contributed by atoms with E-state index in [2.05, 4.69) is 5.32 Å². The Balaban J connectivity index is 2.97. The Bertz CT molecular complexity index is 421. The van der Waals surface area contributed by atoms with Gasteiger partial charge in [0.25, 0.3) is 5.69 Å². The molecule has 0 radical (unpaired) electrons. The third kappa shape index (κ3) is 3.51. The zero-order chi connectivity index (χ0) is 13.1. The molecule has 0 aromatic heterocycles. The maximum atomic E-state index is 10.6. The lowest BCUT2D eigenvalue weighted by atomic mass is 10.1. The Labute approximate surface area is 112 Å². The lowest BCUT2D eigenvalue weighted by Crippen LogP contribution is -2.42. The monoisotopic (exact) mass is 352 g/mol. The summed E-state index contributed by atoms with van der Waals surface area (Å²) in [5.74, 6) is 0. The molecule has 6 nitrogen and oxygen atoms in total. The number of non-ortho nitro benzene ring substituents is 1. The first-order valence-electron chi connectivity index (χ1n) is 4.86. The predicted octanol–water partition coefficient (Wildman–Crippen LogP) is 1.35. The van der Waals surface area contributed by atoms with Gasteiger partial charge in [-0.3, -0.25) is 10.1 Å². The molecule has 0 amide bonds. The minimum absolute atomic E-state index is 0.00894. The van der Waals surface area contributed by atoms with E-state index in [1.807, 2.05) is 22.6 Å². The first-order valence-corrected chi connectivity index (χ1v) is 5.93. The van der Waals surface area contributed by atoms with Crippen molar-refractivity contribution in [2.75, 3.05) is 18.5 Å². The summed E-state index contributed by atoms with van der Waals surface area (Å²) < 4.78 is 0.657. The number of anilines is 1. The number of hydrogen-bond donors (Lipinski definition) is 3. The maximum absolute atomic E-state index is 10.6. The average molecular weight is 352 g/mol. The molecule has 0 heterocycles. The highest BCUT2D eigenvalue weighted by Gasteiger charge is 2.23. The Morgan fingerprint density at radius 1 is 1.47 bits per heavy atom. The van der Waals surface area contributed by atoms with Gasteiger partial charge in [0.05, 0.1) is 23.7 Å². The second-order valence-corrected chi connectivity index (χ2v) is 5.09. The Morgan fingerprint density at radius 2 is 2.06 bits per heavy atom. The predicted molar refractivity (Wildman–Crippen MR) is 72.0 cm³/mol. The van der Waals surface area contributed by atoms with E-state index in [0.717, 1.165) is 0 Å². The van der Waals surface area contributed by atoms with Crippen molar-refractivity contribution in [2.24, 2.45) is 0 Å². The van der Waals surface area contributed by atoms with E-state index in [9.17, 15) is 10.1 Å². The third-order valence-corrected chi connectivity index (χ3v) is 3.19. The van der Waals surface area contributed by atoms with Crippen LogP contribution in [0, 0.1) is 13.7 Å². The highest BCUT2D eigenvalue weighted by molar-refractivity contribution is 14.1. The molecule has 94 valence electrons. The highest BCUT2D eigenvalue weighted by atomic mass is 127. The van der Waals surface area contributed by atoms with Crippen LogP contribution in [0.3, 0.4) is 0 Å². The summed E-state index contributed by atoms with van der Waals surface area (Å²) in [7, 11) is 0. The molecular weight excluding hydrogens is 339 g/mol. The standard InChI is InChI=1S/C10H13IN2O4/c1-10(5-14,6-15)12-9-3-2-7(13(16)17)4-8(9)11/h2-4,12,14-15H,5-6H2,1H3. The second-order valence-electron chi connectivity index (χ2n) is 3.92. The molecule has 0 saturated heterocycles. The van der Waals surface area contributed by atoms with E-state index in [1.165, 1.54) is 12.1 Å². The molecule has 0 bridgehead atoms. The fourth-order valence-electron chi connectivity index (χ4n) is 1.17. The number of rotatable bonds is 5. The number of benzene rings is 1. The quantitative estimate of drug-likeness (QED) is 0.423. The van der Waals surface area contributed by atoms with Crippen molar-refractivity contribution in [1.29, 1.82) is 0 Å². The van der Waals surface area contributed by atoms with Crippen LogP contribution >= 0.6 is 22.6 Å². The molecule has 0 spiro atoms. The summed E-state index contributed by atoms with van der Waals surface area (Å²) in [6.45, 7) is 1.18. The molecular formula is C10H13IN2O4. The van der Waals surface area contributed by atoms with Crippen molar-refractivity contribution in [3.63, 3.8) is 0 Å². The lowest BCUT2D eigenvalue weighted by Gasteiger charge is -2.28. The van der Waals surface area contributed by atoms with Gasteiger partial charge >= 0.3 is 0 Å². The van der Waals surface area contributed by atoms with Gasteiger partial charge in [0.15, 0.2) is 0 Å². The first kappa shape index (κ1) is 14.1. The Hall–Kier alpha value is -0.930. The van der Waals surface area contributed by atoms with E-state index in [1.54, 1.807) is 13.0 Å². The number of halogens is 1. The number of aliphatic hydroxyl groups excluding tert-OH is 2. The number of hydrogen-bond acceptors (Lipinski definition) is 5. The van der Waals surface area contributed by atoms with Gasteiger partial charge in [-0.25, -0.2) is 0 Å². The summed E-state index contributed by atoms with van der Waals surface area (Å²) in [5.41, 5.74) is -0.202. The molecule has 0 atom stereocenters. The molecule has 0 aliphatic rings. The fraction of sp³-hybridized carbons (Fsp3) is 0.400. The van der Waals surface area contributed by atoms with Crippen LogP contribution in [0.5, 0.6) is 0 Å². The normalized spacial score (nSPS) is 11.3. The van der Waals surface area contributed by atoms with Crippen LogP contribution in [0.25, 0.3) is 0 Å². The Morgan fingerprint density at radius 3 is 2.47 bits per heavy atom.